The summed E-state index contributed by atoms with van der Waals surface area (Å²) in [4.78, 5) is 11.2. The van der Waals surface area contributed by atoms with Crippen molar-refractivity contribution in [1.29, 1.82) is 0 Å². The minimum atomic E-state index is -0.0516. The quantitative estimate of drug-likeness (QED) is 0.128. The molecule has 2 aliphatic carbocycles. The Labute approximate surface area is 398 Å². The maximum Gasteiger partial charge on any atom is 0.0461 e. The summed E-state index contributed by atoms with van der Waals surface area (Å²) >= 11 is 0. The first-order valence-electron chi connectivity index (χ1n) is 22.7. The first-order chi connectivity index (χ1) is 31.6. The molecule has 321 valence electrons. The standard InChI is InChI=1S/C50H43N2.C11H8N.Ir/c1-3-36(30-35(2)37-23-26-44(27-24-37)52(42-14-6-4-7-15-42)43-16-8-5-9-17-43)38-25-28-46-45-18-10-11-19-47(45)50(48(46)32-38)33-40-22-21-39(31-41(40)34-50)49-20-12-13-29-51-49;1-2-6-10(7-3-1)11-8-4-5-9-12-11;/h4-20,22-29,31-32,35-36H,3,30,33-34H2,1-2H3;1-6,8-9H;/q2*-1;. The third kappa shape index (κ3) is 8.90. The molecule has 3 atom stereocenters. The van der Waals surface area contributed by atoms with E-state index in [2.05, 4.69) is 193 Å². The van der Waals surface area contributed by atoms with E-state index >= 15 is 0 Å². The van der Waals surface area contributed by atoms with E-state index in [1.54, 1.807) is 6.20 Å². The first kappa shape index (κ1) is 43.5. The summed E-state index contributed by atoms with van der Waals surface area (Å²) in [6, 6.07) is 78.2. The predicted molar refractivity (Wildman–Crippen MR) is 264 cm³/mol. The Hall–Kier alpha value is -6.71. The Morgan fingerprint density at radius 3 is 1.77 bits per heavy atom. The average molecular weight is 1020 g/mol. The van der Waals surface area contributed by atoms with E-state index in [1.165, 1.54) is 50.2 Å². The Morgan fingerprint density at radius 2 is 1.12 bits per heavy atom. The fraction of sp³-hybridized carbons (Fsp3) is 0.148. The van der Waals surface area contributed by atoms with Crippen molar-refractivity contribution in [2.75, 3.05) is 4.90 Å². The van der Waals surface area contributed by atoms with Crippen LogP contribution in [0.1, 0.15) is 71.9 Å². The monoisotopic (exact) mass is 1020 g/mol. The second-order valence-corrected chi connectivity index (χ2v) is 17.2. The van der Waals surface area contributed by atoms with Crippen molar-refractivity contribution in [2.45, 2.75) is 56.8 Å². The van der Waals surface area contributed by atoms with Gasteiger partial charge in [-0.25, -0.2) is 0 Å². The number of para-hydroxylation sites is 2. The van der Waals surface area contributed by atoms with Crippen LogP contribution in [0.25, 0.3) is 33.6 Å². The van der Waals surface area contributed by atoms with Crippen LogP contribution in [0, 0.1) is 12.1 Å². The zero-order valence-electron chi connectivity index (χ0n) is 36.9. The molecule has 2 heterocycles. The number of anilines is 3. The van der Waals surface area contributed by atoms with Crippen molar-refractivity contribution < 1.29 is 20.1 Å². The van der Waals surface area contributed by atoms with Crippen LogP contribution in [0.5, 0.6) is 0 Å². The number of pyridine rings is 2. The topological polar surface area (TPSA) is 29.0 Å². The van der Waals surface area contributed by atoms with Crippen LogP contribution >= 0.6 is 0 Å². The second-order valence-electron chi connectivity index (χ2n) is 17.2. The summed E-state index contributed by atoms with van der Waals surface area (Å²) in [6.07, 6.45) is 7.90. The number of hydrogen-bond donors (Lipinski definition) is 0. The van der Waals surface area contributed by atoms with Crippen molar-refractivity contribution in [1.82, 2.24) is 9.97 Å². The normalized spacial score (nSPS) is 15.0. The molecule has 0 amide bonds. The van der Waals surface area contributed by atoms with E-state index in [1.807, 2.05) is 54.7 Å². The van der Waals surface area contributed by atoms with Gasteiger partial charge in [-0.1, -0.05) is 129 Å². The maximum atomic E-state index is 4.62. The van der Waals surface area contributed by atoms with Gasteiger partial charge in [0.1, 0.15) is 0 Å². The van der Waals surface area contributed by atoms with Gasteiger partial charge in [0.25, 0.3) is 0 Å². The molecule has 4 heteroatoms. The van der Waals surface area contributed by atoms with Gasteiger partial charge in [-0.3, -0.25) is 0 Å². The van der Waals surface area contributed by atoms with Gasteiger partial charge in [-0.05, 0) is 131 Å². The van der Waals surface area contributed by atoms with Gasteiger partial charge in [0, 0.05) is 55.0 Å². The Balaban J connectivity index is 0.000000355. The maximum absolute atomic E-state index is 4.62. The average Bonchev–Trinajstić information content (AvgIpc) is 3.89. The van der Waals surface area contributed by atoms with E-state index in [4.69, 9.17) is 0 Å². The third-order valence-electron chi connectivity index (χ3n) is 13.4. The van der Waals surface area contributed by atoms with Crippen molar-refractivity contribution in [3.63, 3.8) is 0 Å². The fourth-order valence-corrected chi connectivity index (χ4v) is 10.1. The van der Waals surface area contributed by atoms with E-state index in [-0.39, 0.29) is 25.5 Å². The van der Waals surface area contributed by atoms with E-state index < -0.39 is 0 Å². The molecule has 1 spiro atoms. The van der Waals surface area contributed by atoms with E-state index in [0.717, 1.165) is 59.6 Å². The van der Waals surface area contributed by atoms with Crippen LogP contribution < -0.4 is 4.90 Å². The van der Waals surface area contributed by atoms with E-state index in [0.29, 0.717) is 11.8 Å². The van der Waals surface area contributed by atoms with Crippen LogP contribution in [-0.4, -0.2) is 9.97 Å². The van der Waals surface area contributed by atoms with Crippen LogP contribution in [0.4, 0.5) is 17.1 Å². The molecule has 0 saturated carbocycles. The molecule has 1 radical (unpaired) electrons. The first-order valence-corrected chi connectivity index (χ1v) is 22.7. The molecule has 2 aromatic heterocycles. The van der Waals surface area contributed by atoms with Gasteiger partial charge in [0.15, 0.2) is 0 Å². The van der Waals surface area contributed by atoms with Crippen molar-refractivity contribution in [3.05, 3.63) is 258 Å². The summed E-state index contributed by atoms with van der Waals surface area (Å²) in [5, 5.41) is 0. The van der Waals surface area contributed by atoms with Gasteiger partial charge in [-0.2, -0.15) is 0 Å². The molecule has 2 aliphatic rings. The zero-order valence-corrected chi connectivity index (χ0v) is 39.3. The van der Waals surface area contributed by atoms with Crippen LogP contribution in [0.15, 0.2) is 213 Å². The molecule has 9 aromatic rings. The minimum absolute atomic E-state index is 0. The Kier molecular flexibility index (Phi) is 13.1. The van der Waals surface area contributed by atoms with Crippen LogP contribution in [-0.2, 0) is 38.4 Å². The summed E-state index contributed by atoms with van der Waals surface area (Å²) in [7, 11) is 0. The number of aromatic nitrogens is 2. The van der Waals surface area contributed by atoms with Crippen LogP contribution in [0.2, 0.25) is 0 Å². The fourth-order valence-electron chi connectivity index (χ4n) is 10.1. The second kappa shape index (κ2) is 19.6. The molecule has 0 fully saturated rings. The molecule has 3 unspecified atom stereocenters. The van der Waals surface area contributed by atoms with Crippen molar-refractivity contribution in [3.8, 4) is 33.6 Å². The van der Waals surface area contributed by atoms with E-state index in [9.17, 15) is 0 Å². The molecule has 11 rings (SSSR count). The zero-order chi connectivity index (χ0) is 43.3. The van der Waals surface area contributed by atoms with Crippen molar-refractivity contribution >= 4 is 17.1 Å². The summed E-state index contributed by atoms with van der Waals surface area (Å²) in [5.74, 6) is 0.898. The van der Waals surface area contributed by atoms with Gasteiger partial charge in [0.05, 0.1) is 0 Å². The van der Waals surface area contributed by atoms with Gasteiger partial charge >= 0.3 is 0 Å². The summed E-state index contributed by atoms with van der Waals surface area (Å²) in [5.41, 5.74) is 19.0. The summed E-state index contributed by atoms with van der Waals surface area (Å²) < 4.78 is 0. The van der Waals surface area contributed by atoms with Crippen molar-refractivity contribution in [2.24, 2.45) is 0 Å². The smallest absolute Gasteiger partial charge is 0.0461 e. The minimum Gasteiger partial charge on any atom is -0.311 e. The number of fused-ring (bicyclic) bond motifs is 6. The summed E-state index contributed by atoms with van der Waals surface area (Å²) in [6.45, 7) is 4.76. The number of hydrogen-bond acceptors (Lipinski definition) is 3. The third-order valence-corrected chi connectivity index (χ3v) is 13.4. The molecule has 0 bridgehead atoms. The molecule has 0 N–H and O–H groups in total. The van der Waals surface area contributed by atoms with Gasteiger partial charge < -0.3 is 14.9 Å². The molecule has 3 nitrogen and oxygen atoms in total. The SMILES string of the molecule is CCC(CC(C)c1ccc(N(c2ccccc2)c2ccccc2)cc1)c1ccc2c(c1)C1(Cc3c[c-]c(-c4ccccn4)cc3C1)c1ccccc1-2.[Ir].[c-]1ccccc1-c1ccccn1. The number of rotatable bonds is 10. The van der Waals surface area contributed by atoms with Gasteiger partial charge in [-0.15, -0.1) is 70.8 Å². The largest absolute Gasteiger partial charge is 0.311 e. The molecule has 7 aromatic carbocycles. The predicted octanol–water partition coefficient (Wildman–Crippen LogP) is 15.3. The molecule has 0 saturated heterocycles. The number of nitrogens with zero attached hydrogens (tertiary/aromatic N) is 3. The molecular formula is C61H51IrN3-2. The Morgan fingerprint density at radius 1 is 0.538 bits per heavy atom. The van der Waals surface area contributed by atoms with Gasteiger partial charge in [0.2, 0.25) is 0 Å². The molecular weight excluding hydrogens is 967 g/mol. The number of benzene rings is 7. The molecule has 65 heavy (non-hydrogen) atoms. The van der Waals surface area contributed by atoms with Crippen LogP contribution in [0.3, 0.4) is 0 Å². The molecule has 0 aliphatic heterocycles. The Bertz CT molecular complexity index is 2880.